The topological polar surface area (TPSA) is 125 Å². The smallest absolute Gasteiger partial charge is 0.407 e. The molecule has 1 saturated heterocycles. The number of hydrogen-bond acceptors (Lipinski definition) is 6. The summed E-state index contributed by atoms with van der Waals surface area (Å²) in [6, 6.07) is 13.8. The van der Waals surface area contributed by atoms with Crippen LogP contribution in [0.2, 0.25) is 0 Å². The Balaban J connectivity index is 1.85. The predicted octanol–water partition coefficient (Wildman–Crippen LogP) is 4.04. The average Bonchev–Trinajstić information content (AvgIpc) is 2.84. The Labute approximate surface area is 230 Å². The molecule has 11 heteroatoms. The van der Waals surface area contributed by atoms with E-state index in [9.17, 15) is 23.1 Å². The maximum Gasteiger partial charge on any atom is 0.407 e. The summed E-state index contributed by atoms with van der Waals surface area (Å²) in [5, 5.41) is 9.85. The molecule has 2 N–H and O–H groups in total. The number of piperidine rings is 1. The first-order valence-corrected chi connectivity index (χ1v) is 14.1. The van der Waals surface area contributed by atoms with Gasteiger partial charge in [-0.2, -0.15) is 17.4 Å². The van der Waals surface area contributed by atoms with Gasteiger partial charge in [0.25, 0.3) is 10.2 Å². The van der Waals surface area contributed by atoms with Crippen molar-refractivity contribution in [1.29, 1.82) is 0 Å². The van der Waals surface area contributed by atoms with E-state index in [1.807, 2.05) is 42.5 Å². The lowest BCUT2D eigenvalue weighted by Gasteiger charge is -2.40. The Bertz CT molecular complexity index is 1300. The van der Waals surface area contributed by atoms with Crippen LogP contribution in [-0.2, 0) is 26.2 Å². The van der Waals surface area contributed by atoms with Gasteiger partial charge in [0.1, 0.15) is 11.4 Å². The summed E-state index contributed by atoms with van der Waals surface area (Å²) in [7, 11) is -0.884. The highest BCUT2D eigenvalue weighted by molar-refractivity contribution is 7.87. The van der Waals surface area contributed by atoms with Crippen molar-refractivity contribution in [2.75, 3.05) is 20.6 Å². The fraction of sp³-hybridized carbons (Fsp3) is 0.429. The number of para-hydroxylation sites is 1. The number of carbonyl (C=O) groups excluding carboxylic acids is 1. The highest BCUT2D eigenvalue weighted by Crippen LogP contribution is 2.31. The molecule has 1 amide bonds. The van der Waals surface area contributed by atoms with E-state index in [4.69, 9.17) is 9.47 Å². The minimum absolute atomic E-state index is 0.322. The molecule has 0 spiro atoms. The molecule has 0 aromatic heterocycles. The minimum atomic E-state index is -3.75. The molecule has 0 saturated carbocycles. The van der Waals surface area contributed by atoms with Crippen molar-refractivity contribution in [1.82, 2.24) is 13.9 Å². The van der Waals surface area contributed by atoms with Gasteiger partial charge in [-0.25, -0.2) is 9.59 Å². The monoisotopic (exact) mass is 559 g/mol. The lowest BCUT2D eigenvalue weighted by Crippen LogP contribution is -2.58. The van der Waals surface area contributed by atoms with Crippen molar-refractivity contribution in [2.45, 2.75) is 57.7 Å². The number of esters is 1. The number of benzene rings is 2. The van der Waals surface area contributed by atoms with Crippen LogP contribution in [0.3, 0.4) is 0 Å². The van der Waals surface area contributed by atoms with Gasteiger partial charge in [-0.1, -0.05) is 42.5 Å². The predicted molar refractivity (Wildman–Crippen MR) is 148 cm³/mol. The summed E-state index contributed by atoms with van der Waals surface area (Å²) in [5.74, 6) is 0.00722. The van der Waals surface area contributed by atoms with Gasteiger partial charge in [0.2, 0.25) is 0 Å². The Hall–Kier alpha value is -3.41. The van der Waals surface area contributed by atoms with Gasteiger partial charge in [0.15, 0.2) is 0 Å². The molecule has 1 heterocycles. The summed E-state index contributed by atoms with van der Waals surface area (Å²) in [6.07, 6.45) is 2.83. The number of nitrogens with one attached hydrogen (secondary N) is 1. The second-order valence-corrected chi connectivity index (χ2v) is 12.5. The molecule has 0 bridgehead atoms. The first kappa shape index (κ1) is 30.1. The van der Waals surface area contributed by atoms with Gasteiger partial charge in [-0.05, 0) is 57.2 Å². The fourth-order valence-electron chi connectivity index (χ4n) is 4.39. The SMILES string of the molecule is CN(C)S(=O)(=O)NC1CCCN(C(=O)O)C1Cc1cccc(-c2ccccc2O/C=C\C(=O)OC(C)(C)C)c1. The maximum atomic E-state index is 12.5. The van der Waals surface area contributed by atoms with Crippen LogP contribution in [0.5, 0.6) is 5.75 Å². The molecular formula is C28H37N3O7S. The number of likely N-dealkylation sites (tertiary alicyclic amines) is 1. The number of nitrogens with zero attached hydrogens (tertiary/aromatic N) is 2. The molecule has 1 aliphatic heterocycles. The maximum absolute atomic E-state index is 12.5. The van der Waals surface area contributed by atoms with Crippen LogP contribution in [0.4, 0.5) is 4.79 Å². The van der Waals surface area contributed by atoms with Crippen molar-refractivity contribution in [3.8, 4) is 16.9 Å². The third kappa shape index (κ3) is 8.54. The van der Waals surface area contributed by atoms with E-state index in [-0.39, 0.29) is 0 Å². The summed E-state index contributed by atoms with van der Waals surface area (Å²) in [4.78, 5) is 25.3. The number of carbonyl (C=O) groups is 2. The largest absolute Gasteiger partial charge is 0.465 e. The Morgan fingerprint density at radius 3 is 2.54 bits per heavy atom. The normalized spacial score (nSPS) is 18.4. The quantitative estimate of drug-likeness (QED) is 0.270. The van der Waals surface area contributed by atoms with Crippen molar-refractivity contribution in [2.24, 2.45) is 0 Å². The van der Waals surface area contributed by atoms with Crippen LogP contribution in [0.25, 0.3) is 11.1 Å². The van der Waals surface area contributed by atoms with E-state index >= 15 is 0 Å². The molecule has 1 aliphatic rings. The van der Waals surface area contributed by atoms with Crippen LogP contribution < -0.4 is 9.46 Å². The molecule has 2 unspecified atom stereocenters. The molecule has 212 valence electrons. The van der Waals surface area contributed by atoms with Crippen molar-refractivity contribution < 1.29 is 32.6 Å². The molecule has 10 nitrogen and oxygen atoms in total. The van der Waals surface area contributed by atoms with Gasteiger partial charge in [-0.3, -0.25) is 0 Å². The molecular weight excluding hydrogens is 522 g/mol. The number of carboxylic acid groups (broad SMARTS) is 1. The molecule has 1 fully saturated rings. The first-order valence-electron chi connectivity index (χ1n) is 12.7. The molecule has 2 aromatic carbocycles. The summed E-state index contributed by atoms with van der Waals surface area (Å²) < 4.78 is 39.9. The van der Waals surface area contributed by atoms with Crippen LogP contribution in [0, 0.1) is 0 Å². The standard InChI is InChI=1S/C28H37N3O7S/c1-28(2,3)38-26(32)15-17-37-25-14-7-6-12-22(25)21-11-8-10-20(18-21)19-24-23(29-39(35,36)30(4)5)13-9-16-31(24)27(33)34/h6-8,10-12,14-15,17-18,23-24,29H,9,13,16,19H2,1-5H3,(H,33,34)/b17-15-. The van der Waals surface area contributed by atoms with E-state index in [0.717, 1.165) is 21.0 Å². The van der Waals surface area contributed by atoms with Gasteiger partial charge < -0.3 is 19.5 Å². The van der Waals surface area contributed by atoms with Gasteiger partial charge in [-0.15, -0.1) is 0 Å². The van der Waals surface area contributed by atoms with Crippen molar-refractivity contribution >= 4 is 22.3 Å². The Kier molecular flexibility index (Phi) is 9.76. The van der Waals surface area contributed by atoms with E-state index in [0.29, 0.717) is 31.6 Å². The number of hydrogen-bond donors (Lipinski definition) is 2. The van der Waals surface area contributed by atoms with Crippen LogP contribution in [0.15, 0.2) is 60.9 Å². The number of amides is 1. The first-order chi connectivity index (χ1) is 18.3. The molecule has 2 aromatic rings. The third-order valence-corrected chi connectivity index (χ3v) is 7.74. The molecule has 0 aliphatic carbocycles. The van der Waals surface area contributed by atoms with Crippen LogP contribution >= 0.6 is 0 Å². The van der Waals surface area contributed by atoms with Crippen LogP contribution in [0.1, 0.15) is 39.2 Å². The van der Waals surface area contributed by atoms with E-state index < -0.39 is 40.0 Å². The lowest BCUT2D eigenvalue weighted by molar-refractivity contribution is -0.148. The summed E-state index contributed by atoms with van der Waals surface area (Å²) in [6.45, 7) is 5.68. The van der Waals surface area contributed by atoms with Gasteiger partial charge >= 0.3 is 12.1 Å². The number of ether oxygens (including phenoxy) is 2. The van der Waals surface area contributed by atoms with Gasteiger partial charge in [0.05, 0.1) is 18.4 Å². The van der Waals surface area contributed by atoms with E-state index in [1.54, 1.807) is 26.8 Å². The minimum Gasteiger partial charge on any atom is -0.465 e. The second-order valence-electron chi connectivity index (χ2n) is 10.6. The number of rotatable bonds is 9. The van der Waals surface area contributed by atoms with Crippen LogP contribution in [-0.4, -0.2) is 73.1 Å². The van der Waals surface area contributed by atoms with E-state index in [2.05, 4.69) is 4.72 Å². The summed E-state index contributed by atoms with van der Waals surface area (Å²) in [5.41, 5.74) is 1.84. The van der Waals surface area contributed by atoms with Crippen molar-refractivity contribution in [3.05, 3.63) is 66.4 Å². The molecule has 0 radical (unpaired) electrons. The zero-order valence-corrected chi connectivity index (χ0v) is 23.8. The fourth-order valence-corrected chi connectivity index (χ4v) is 5.26. The zero-order valence-electron chi connectivity index (χ0n) is 23.0. The van der Waals surface area contributed by atoms with Crippen molar-refractivity contribution in [3.63, 3.8) is 0 Å². The lowest BCUT2D eigenvalue weighted by atomic mass is 9.90. The molecule has 39 heavy (non-hydrogen) atoms. The van der Waals surface area contributed by atoms with Gasteiger partial charge in [0, 0.05) is 32.2 Å². The third-order valence-electron chi connectivity index (χ3n) is 6.18. The molecule has 3 rings (SSSR count). The highest BCUT2D eigenvalue weighted by atomic mass is 32.2. The highest BCUT2D eigenvalue weighted by Gasteiger charge is 2.37. The Morgan fingerprint density at radius 2 is 1.87 bits per heavy atom. The zero-order chi connectivity index (χ0) is 28.8. The Morgan fingerprint density at radius 1 is 1.15 bits per heavy atom. The molecule has 2 atom stereocenters. The summed E-state index contributed by atoms with van der Waals surface area (Å²) >= 11 is 0. The van der Waals surface area contributed by atoms with E-state index in [1.165, 1.54) is 31.3 Å². The second kappa shape index (κ2) is 12.6. The average molecular weight is 560 g/mol.